The van der Waals surface area contributed by atoms with Crippen molar-refractivity contribution < 1.29 is 13.6 Å². The summed E-state index contributed by atoms with van der Waals surface area (Å²) in [6, 6.07) is 11.1. The second-order valence-electron chi connectivity index (χ2n) is 10.4. The van der Waals surface area contributed by atoms with Crippen LogP contribution in [0.5, 0.6) is 0 Å². The molecular weight excluding hydrogens is 532 g/mol. The van der Waals surface area contributed by atoms with Gasteiger partial charge in [-0.2, -0.15) is 0 Å². The third-order valence-electron chi connectivity index (χ3n) is 7.09. The Kier molecular flexibility index (Phi) is 8.84. The fourth-order valence-electron chi connectivity index (χ4n) is 5.04. The number of aliphatic imine (C=N–C) groups is 1. The van der Waals surface area contributed by atoms with Gasteiger partial charge in [-0.3, -0.25) is 19.1 Å². The first-order chi connectivity index (χ1) is 19.0. The zero-order chi connectivity index (χ0) is 29.1. The zero-order valence-corrected chi connectivity index (χ0v) is 23.9. The number of pyridine rings is 1. The van der Waals surface area contributed by atoms with E-state index in [2.05, 4.69) is 10.3 Å². The summed E-state index contributed by atoms with van der Waals surface area (Å²) >= 11 is 6.55. The number of anilines is 1. The lowest BCUT2D eigenvalue weighted by atomic mass is 9.89. The van der Waals surface area contributed by atoms with E-state index in [1.165, 1.54) is 35.2 Å². The number of allylic oxidation sites excluding steroid dienone is 2. The highest BCUT2D eigenvalue weighted by Crippen LogP contribution is 2.39. The number of nitrogens with one attached hydrogen (secondary N) is 1. The van der Waals surface area contributed by atoms with Gasteiger partial charge in [-0.25, -0.2) is 8.78 Å². The van der Waals surface area contributed by atoms with Gasteiger partial charge >= 0.3 is 0 Å². The lowest BCUT2D eigenvalue weighted by Crippen LogP contribution is -2.21. The van der Waals surface area contributed by atoms with Crippen molar-refractivity contribution in [2.45, 2.75) is 52.9 Å². The summed E-state index contributed by atoms with van der Waals surface area (Å²) in [5.41, 5.74) is 3.50. The lowest BCUT2D eigenvalue weighted by molar-refractivity contribution is -0.117. The zero-order valence-electron chi connectivity index (χ0n) is 23.1. The SMILES string of the molecule is C/C=C/N=C(/C=C/n1c(C)cc(C(C)Cc2ccc(F)cc2)c(Cl)c1=O)c1cc2c(cc1F)C(C(C)C)C(=O)N2. The average molecular weight is 564 g/mol. The van der Waals surface area contributed by atoms with Gasteiger partial charge < -0.3 is 5.32 Å². The number of aromatic nitrogens is 1. The van der Waals surface area contributed by atoms with Crippen molar-refractivity contribution in [2.24, 2.45) is 10.9 Å². The fraction of sp³-hybridized carbons (Fsp3) is 0.281. The molecule has 2 heterocycles. The maximum Gasteiger partial charge on any atom is 0.273 e. The molecule has 0 spiro atoms. The number of hydrogen-bond donors (Lipinski definition) is 1. The fourth-order valence-corrected chi connectivity index (χ4v) is 5.37. The quantitative estimate of drug-likeness (QED) is 0.286. The highest BCUT2D eigenvalue weighted by molar-refractivity contribution is 6.31. The Bertz CT molecular complexity index is 1590. The first-order valence-electron chi connectivity index (χ1n) is 13.2. The number of fused-ring (bicyclic) bond motifs is 1. The van der Waals surface area contributed by atoms with Gasteiger partial charge in [0.25, 0.3) is 5.56 Å². The molecule has 0 saturated carbocycles. The van der Waals surface area contributed by atoms with Crippen molar-refractivity contribution >= 4 is 35.1 Å². The molecule has 0 radical (unpaired) electrons. The second kappa shape index (κ2) is 12.1. The first kappa shape index (κ1) is 29.2. The molecule has 1 amide bonds. The Labute approximate surface area is 237 Å². The minimum absolute atomic E-state index is 0.0172. The molecule has 0 bridgehead atoms. The molecule has 208 valence electrons. The van der Waals surface area contributed by atoms with Crippen LogP contribution in [0.1, 0.15) is 67.5 Å². The Hall–Kier alpha value is -3.84. The molecule has 40 heavy (non-hydrogen) atoms. The van der Waals surface area contributed by atoms with Crippen LogP contribution in [0.15, 0.2) is 70.6 Å². The van der Waals surface area contributed by atoms with Crippen LogP contribution < -0.4 is 10.9 Å². The van der Waals surface area contributed by atoms with E-state index in [0.717, 1.165) is 5.56 Å². The van der Waals surface area contributed by atoms with Gasteiger partial charge in [-0.15, -0.1) is 0 Å². The molecule has 1 aliphatic rings. The normalized spacial score (nSPS) is 16.3. The molecule has 3 aromatic rings. The van der Waals surface area contributed by atoms with E-state index in [-0.39, 0.29) is 39.9 Å². The van der Waals surface area contributed by atoms with E-state index >= 15 is 4.39 Å². The number of rotatable bonds is 8. The highest BCUT2D eigenvalue weighted by atomic mass is 35.5. The maximum absolute atomic E-state index is 15.4. The van der Waals surface area contributed by atoms with Crippen LogP contribution in [0.25, 0.3) is 6.20 Å². The third kappa shape index (κ3) is 5.99. The summed E-state index contributed by atoms with van der Waals surface area (Å²) in [4.78, 5) is 30.2. The number of nitrogens with zero attached hydrogens (tertiary/aromatic N) is 2. The summed E-state index contributed by atoms with van der Waals surface area (Å²) in [5, 5.41) is 2.94. The van der Waals surface area contributed by atoms with Crippen LogP contribution in [0.2, 0.25) is 5.02 Å². The first-order valence-corrected chi connectivity index (χ1v) is 13.6. The number of aryl methyl sites for hydroxylation is 1. The molecule has 1 N–H and O–H groups in total. The number of halogens is 3. The van der Waals surface area contributed by atoms with E-state index in [1.807, 2.05) is 26.8 Å². The largest absolute Gasteiger partial charge is 0.325 e. The lowest BCUT2D eigenvalue weighted by Gasteiger charge is -2.16. The summed E-state index contributed by atoms with van der Waals surface area (Å²) in [7, 11) is 0. The van der Waals surface area contributed by atoms with Gasteiger partial charge in [-0.05, 0) is 85.2 Å². The molecule has 2 atom stereocenters. The Morgan fingerprint density at radius 2 is 1.82 bits per heavy atom. The minimum Gasteiger partial charge on any atom is -0.325 e. The average Bonchev–Trinajstić information content (AvgIpc) is 3.23. The van der Waals surface area contributed by atoms with Crippen LogP contribution in [-0.4, -0.2) is 16.2 Å². The Morgan fingerprint density at radius 3 is 2.48 bits per heavy atom. The third-order valence-corrected chi connectivity index (χ3v) is 7.47. The predicted molar refractivity (Wildman–Crippen MR) is 158 cm³/mol. The predicted octanol–water partition coefficient (Wildman–Crippen LogP) is 7.62. The molecule has 4 rings (SSSR count). The van der Waals surface area contributed by atoms with Gasteiger partial charge in [0.05, 0.1) is 11.6 Å². The van der Waals surface area contributed by atoms with Crippen LogP contribution in [-0.2, 0) is 11.2 Å². The number of benzene rings is 2. The smallest absolute Gasteiger partial charge is 0.273 e. The molecule has 2 unspecified atom stereocenters. The molecule has 8 heteroatoms. The van der Waals surface area contributed by atoms with Gasteiger partial charge in [0.15, 0.2) is 0 Å². The molecule has 0 saturated heterocycles. The van der Waals surface area contributed by atoms with E-state index in [1.54, 1.807) is 44.2 Å². The van der Waals surface area contributed by atoms with Gasteiger partial charge in [0.1, 0.15) is 16.7 Å². The van der Waals surface area contributed by atoms with Crippen LogP contribution in [0, 0.1) is 24.5 Å². The van der Waals surface area contributed by atoms with Crippen LogP contribution >= 0.6 is 11.6 Å². The second-order valence-corrected chi connectivity index (χ2v) is 10.8. The number of carbonyl (C=O) groups is 1. The van der Waals surface area contributed by atoms with Gasteiger partial charge in [-0.1, -0.05) is 50.6 Å². The Balaban J connectivity index is 1.68. The molecule has 2 aromatic carbocycles. The van der Waals surface area contributed by atoms with Crippen molar-refractivity contribution in [3.05, 3.63) is 116 Å². The molecule has 0 aliphatic carbocycles. The number of hydrogen-bond acceptors (Lipinski definition) is 3. The Morgan fingerprint density at radius 1 is 1.12 bits per heavy atom. The molecule has 5 nitrogen and oxygen atoms in total. The minimum atomic E-state index is -0.513. The van der Waals surface area contributed by atoms with Crippen molar-refractivity contribution in [1.29, 1.82) is 0 Å². The highest BCUT2D eigenvalue weighted by Gasteiger charge is 2.34. The standard InChI is InChI=1S/C32H32ClF2N3O2/c1-6-12-36-27(24-17-28-25(16-26(24)35)29(18(2)3)31(39)37-28)11-13-38-20(5)15-23(30(33)32(38)40)19(4)14-21-7-9-22(34)10-8-21/h6-13,15-19,29H,14H2,1-5H3,(H,37,39)/b12-6+,13-11+,36-27-. The molecule has 1 aliphatic heterocycles. The van der Waals surface area contributed by atoms with Crippen molar-refractivity contribution in [3.8, 4) is 0 Å². The van der Waals surface area contributed by atoms with Crippen LogP contribution in [0.3, 0.4) is 0 Å². The molecular formula is C32H32ClF2N3O2. The van der Waals surface area contributed by atoms with Crippen molar-refractivity contribution in [1.82, 2.24) is 4.57 Å². The molecule has 1 aromatic heterocycles. The van der Waals surface area contributed by atoms with Gasteiger partial charge in [0, 0.05) is 29.3 Å². The van der Waals surface area contributed by atoms with E-state index in [4.69, 9.17) is 11.6 Å². The van der Waals surface area contributed by atoms with Crippen LogP contribution in [0.4, 0.5) is 14.5 Å². The van der Waals surface area contributed by atoms with Crippen molar-refractivity contribution in [3.63, 3.8) is 0 Å². The summed E-state index contributed by atoms with van der Waals surface area (Å²) < 4.78 is 30.1. The van der Waals surface area contributed by atoms with E-state index < -0.39 is 17.3 Å². The van der Waals surface area contributed by atoms with Crippen molar-refractivity contribution in [2.75, 3.05) is 5.32 Å². The monoisotopic (exact) mass is 563 g/mol. The van der Waals surface area contributed by atoms with E-state index in [0.29, 0.717) is 28.9 Å². The topological polar surface area (TPSA) is 63.5 Å². The van der Waals surface area contributed by atoms with E-state index in [9.17, 15) is 14.0 Å². The summed E-state index contributed by atoms with van der Waals surface area (Å²) in [6.07, 6.45) is 6.90. The molecule has 0 fully saturated rings. The number of amides is 1. The maximum atomic E-state index is 15.4. The van der Waals surface area contributed by atoms with Gasteiger partial charge in [0.2, 0.25) is 5.91 Å². The summed E-state index contributed by atoms with van der Waals surface area (Å²) in [5.74, 6) is -1.46. The summed E-state index contributed by atoms with van der Waals surface area (Å²) in [6.45, 7) is 9.39. The number of carbonyl (C=O) groups excluding carboxylic acids is 1.